The molecule has 2 heterocycles. The van der Waals surface area contributed by atoms with Gasteiger partial charge in [0, 0.05) is 18.9 Å². The molecule has 0 saturated heterocycles. The molecule has 2 rings (SSSR count). The summed E-state index contributed by atoms with van der Waals surface area (Å²) >= 11 is 0. The fourth-order valence-corrected chi connectivity index (χ4v) is 1.94. The fraction of sp³-hybridized carbons (Fsp3) is 0.583. The van der Waals surface area contributed by atoms with E-state index in [1.54, 1.807) is 6.20 Å². The maximum absolute atomic E-state index is 4.34. The summed E-state index contributed by atoms with van der Waals surface area (Å²) in [7, 11) is 0. The summed E-state index contributed by atoms with van der Waals surface area (Å²) in [5.41, 5.74) is 1.06. The SMILES string of the molecule is CCCNC(c1ncc[nH]1)c1cnnn1CCC. The van der Waals surface area contributed by atoms with Crippen molar-refractivity contribution in [2.75, 3.05) is 6.54 Å². The summed E-state index contributed by atoms with van der Waals surface area (Å²) in [6.45, 7) is 6.09. The van der Waals surface area contributed by atoms with Gasteiger partial charge >= 0.3 is 0 Å². The lowest BCUT2D eigenvalue weighted by molar-refractivity contribution is 0.494. The molecule has 1 unspecified atom stereocenters. The number of hydrogen-bond acceptors (Lipinski definition) is 4. The van der Waals surface area contributed by atoms with Gasteiger partial charge in [-0.25, -0.2) is 9.67 Å². The summed E-state index contributed by atoms with van der Waals surface area (Å²) in [6.07, 6.45) is 7.53. The predicted octanol–water partition coefficient (Wildman–Crippen LogP) is 1.50. The van der Waals surface area contributed by atoms with Gasteiger partial charge in [0.25, 0.3) is 0 Å². The number of hydrogen-bond donors (Lipinski definition) is 2. The Morgan fingerprint density at radius 3 is 2.94 bits per heavy atom. The third-order valence-electron chi connectivity index (χ3n) is 2.77. The third kappa shape index (κ3) is 2.76. The van der Waals surface area contributed by atoms with Crippen molar-refractivity contribution in [2.24, 2.45) is 0 Å². The van der Waals surface area contributed by atoms with Crippen LogP contribution in [-0.4, -0.2) is 31.5 Å². The fourth-order valence-electron chi connectivity index (χ4n) is 1.94. The van der Waals surface area contributed by atoms with E-state index in [0.717, 1.165) is 37.4 Å². The van der Waals surface area contributed by atoms with Gasteiger partial charge in [-0.15, -0.1) is 5.10 Å². The molecule has 98 valence electrons. The molecular weight excluding hydrogens is 228 g/mol. The van der Waals surface area contributed by atoms with Crippen molar-refractivity contribution < 1.29 is 0 Å². The minimum absolute atomic E-state index is 0.0292. The van der Waals surface area contributed by atoms with Crippen LogP contribution in [0.25, 0.3) is 0 Å². The Labute approximate surface area is 107 Å². The van der Waals surface area contributed by atoms with Crippen molar-refractivity contribution in [3.63, 3.8) is 0 Å². The average molecular weight is 248 g/mol. The topological polar surface area (TPSA) is 71.4 Å². The van der Waals surface area contributed by atoms with Gasteiger partial charge in [0.15, 0.2) is 0 Å². The first-order valence-corrected chi connectivity index (χ1v) is 6.47. The highest BCUT2D eigenvalue weighted by molar-refractivity contribution is 5.14. The van der Waals surface area contributed by atoms with Crippen LogP contribution in [0, 0.1) is 0 Å². The number of rotatable bonds is 7. The van der Waals surface area contributed by atoms with Gasteiger partial charge in [-0.1, -0.05) is 19.1 Å². The van der Waals surface area contributed by atoms with Crippen molar-refractivity contribution in [3.05, 3.63) is 30.1 Å². The average Bonchev–Trinajstić information content (AvgIpc) is 3.02. The van der Waals surface area contributed by atoms with E-state index in [2.05, 4.69) is 39.4 Å². The number of H-pyrrole nitrogens is 1. The lowest BCUT2D eigenvalue weighted by Gasteiger charge is -2.17. The van der Waals surface area contributed by atoms with Crippen LogP contribution in [0.4, 0.5) is 0 Å². The van der Waals surface area contributed by atoms with E-state index in [1.165, 1.54) is 0 Å². The number of nitrogens with one attached hydrogen (secondary N) is 2. The normalized spacial score (nSPS) is 12.8. The van der Waals surface area contributed by atoms with E-state index >= 15 is 0 Å². The zero-order valence-corrected chi connectivity index (χ0v) is 10.9. The monoisotopic (exact) mass is 248 g/mol. The van der Waals surface area contributed by atoms with Crippen LogP contribution in [-0.2, 0) is 6.54 Å². The van der Waals surface area contributed by atoms with E-state index in [1.807, 2.05) is 17.1 Å². The molecule has 2 aromatic heterocycles. The minimum Gasteiger partial charge on any atom is -0.347 e. The molecule has 0 aliphatic rings. The highest BCUT2D eigenvalue weighted by Gasteiger charge is 2.20. The number of aromatic amines is 1. The Morgan fingerprint density at radius 1 is 1.39 bits per heavy atom. The van der Waals surface area contributed by atoms with Gasteiger partial charge in [0.2, 0.25) is 0 Å². The molecule has 2 aromatic rings. The Hall–Kier alpha value is -1.69. The van der Waals surface area contributed by atoms with Crippen molar-refractivity contribution in [1.29, 1.82) is 0 Å². The number of nitrogens with zero attached hydrogens (tertiary/aromatic N) is 4. The molecule has 0 aliphatic heterocycles. The van der Waals surface area contributed by atoms with E-state index in [4.69, 9.17) is 0 Å². The van der Waals surface area contributed by atoms with Crippen LogP contribution >= 0.6 is 0 Å². The van der Waals surface area contributed by atoms with Gasteiger partial charge in [-0.2, -0.15) is 0 Å². The smallest absolute Gasteiger partial charge is 0.129 e. The summed E-state index contributed by atoms with van der Waals surface area (Å²) in [5.74, 6) is 0.906. The van der Waals surface area contributed by atoms with E-state index in [9.17, 15) is 0 Å². The second kappa shape index (κ2) is 6.30. The van der Waals surface area contributed by atoms with Crippen LogP contribution in [0.2, 0.25) is 0 Å². The first kappa shape index (κ1) is 12.8. The molecule has 0 bridgehead atoms. The summed E-state index contributed by atoms with van der Waals surface area (Å²) in [4.78, 5) is 7.50. The van der Waals surface area contributed by atoms with Crippen LogP contribution < -0.4 is 5.32 Å². The highest BCUT2D eigenvalue weighted by atomic mass is 15.4. The summed E-state index contributed by atoms with van der Waals surface area (Å²) < 4.78 is 1.94. The number of imidazole rings is 1. The first-order valence-electron chi connectivity index (χ1n) is 6.47. The first-order chi connectivity index (χ1) is 8.86. The molecule has 0 aromatic carbocycles. The van der Waals surface area contributed by atoms with E-state index in [0.29, 0.717) is 0 Å². The lowest BCUT2D eigenvalue weighted by atomic mass is 10.2. The molecule has 18 heavy (non-hydrogen) atoms. The Morgan fingerprint density at radius 2 is 2.28 bits per heavy atom. The molecule has 0 amide bonds. The Balaban J connectivity index is 2.24. The van der Waals surface area contributed by atoms with Crippen molar-refractivity contribution in [2.45, 2.75) is 39.3 Å². The van der Waals surface area contributed by atoms with Gasteiger partial charge in [-0.05, 0) is 19.4 Å². The molecule has 6 heteroatoms. The zero-order valence-electron chi connectivity index (χ0n) is 10.9. The van der Waals surface area contributed by atoms with Gasteiger partial charge in [0.05, 0.1) is 11.9 Å². The van der Waals surface area contributed by atoms with Crippen molar-refractivity contribution in [3.8, 4) is 0 Å². The summed E-state index contributed by atoms with van der Waals surface area (Å²) in [5, 5.41) is 11.6. The van der Waals surface area contributed by atoms with Crippen LogP contribution in [0.5, 0.6) is 0 Å². The Kier molecular flexibility index (Phi) is 4.46. The quantitative estimate of drug-likeness (QED) is 0.779. The maximum Gasteiger partial charge on any atom is 0.129 e. The standard InChI is InChI=1S/C12H20N6/c1-3-5-13-11(12-14-6-7-15-12)10-9-16-17-18(10)8-4-2/h6-7,9,11,13H,3-5,8H2,1-2H3,(H,14,15). The van der Waals surface area contributed by atoms with E-state index in [-0.39, 0.29) is 6.04 Å². The molecule has 0 fully saturated rings. The molecule has 2 N–H and O–H groups in total. The van der Waals surface area contributed by atoms with Gasteiger partial charge in [-0.3, -0.25) is 0 Å². The number of aryl methyl sites for hydroxylation is 1. The van der Waals surface area contributed by atoms with Gasteiger partial charge in [0.1, 0.15) is 11.9 Å². The molecule has 0 aliphatic carbocycles. The largest absolute Gasteiger partial charge is 0.347 e. The third-order valence-corrected chi connectivity index (χ3v) is 2.77. The molecule has 0 radical (unpaired) electrons. The molecule has 0 saturated carbocycles. The summed E-state index contributed by atoms with van der Waals surface area (Å²) in [6, 6.07) is 0.0292. The molecule has 1 atom stereocenters. The minimum atomic E-state index is 0.0292. The van der Waals surface area contributed by atoms with E-state index < -0.39 is 0 Å². The van der Waals surface area contributed by atoms with Crippen LogP contribution in [0.1, 0.15) is 44.2 Å². The molecule has 0 spiro atoms. The predicted molar refractivity (Wildman–Crippen MR) is 69.0 cm³/mol. The second-order valence-electron chi connectivity index (χ2n) is 4.24. The molecule has 6 nitrogen and oxygen atoms in total. The highest BCUT2D eigenvalue weighted by Crippen LogP contribution is 2.18. The van der Waals surface area contributed by atoms with Crippen LogP contribution in [0.3, 0.4) is 0 Å². The van der Waals surface area contributed by atoms with Crippen LogP contribution in [0.15, 0.2) is 18.6 Å². The zero-order chi connectivity index (χ0) is 12.8. The van der Waals surface area contributed by atoms with Gasteiger partial charge < -0.3 is 10.3 Å². The Bertz CT molecular complexity index is 447. The second-order valence-corrected chi connectivity index (χ2v) is 4.24. The maximum atomic E-state index is 4.34. The van der Waals surface area contributed by atoms with Crippen molar-refractivity contribution in [1.82, 2.24) is 30.3 Å². The van der Waals surface area contributed by atoms with Crippen molar-refractivity contribution >= 4 is 0 Å². The number of aromatic nitrogens is 5. The lowest BCUT2D eigenvalue weighted by Crippen LogP contribution is -2.26. The molecular formula is C12H20N6.